The maximum atomic E-state index is 9.10. The first-order valence-electron chi connectivity index (χ1n) is 4.87. The van der Waals surface area contributed by atoms with E-state index >= 15 is 0 Å². The highest BCUT2D eigenvalue weighted by Gasteiger charge is 2.00. The largest absolute Gasteiger partial charge is 0.508 e. The standard InChI is InChI=1S/C12H12N2O2/c13-11-2-1-7-14-12(11)8-16-10-5-3-9(15)4-6-10/h1-7,15H,8,13H2. The third-order valence-corrected chi connectivity index (χ3v) is 2.14. The molecule has 0 atom stereocenters. The van der Waals surface area contributed by atoms with Crippen LogP contribution in [-0.4, -0.2) is 10.1 Å². The number of pyridine rings is 1. The van der Waals surface area contributed by atoms with Crippen molar-refractivity contribution in [3.63, 3.8) is 0 Å². The molecule has 4 heteroatoms. The summed E-state index contributed by atoms with van der Waals surface area (Å²) in [7, 11) is 0. The number of phenolic OH excluding ortho intramolecular Hbond substituents is 1. The number of ether oxygens (including phenoxy) is 1. The van der Waals surface area contributed by atoms with Crippen LogP contribution >= 0.6 is 0 Å². The number of nitrogens with two attached hydrogens (primary N) is 1. The van der Waals surface area contributed by atoms with Crippen LogP contribution in [0.5, 0.6) is 11.5 Å². The Morgan fingerprint density at radius 2 is 1.94 bits per heavy atom. The van der Waals surface area contributed by atoms with E-state index in [1.54, 1.807) is 42.6 Å². The number of rotatable bonds is 3. The monoisotopic (exact) mass is 216 g/mol. The SMILES string of the molecule is Nc1cccnc1COc1ccc(O)cc1. The van der Waals surface area contributed by atoms with E-state index in [0.717, 1.165) is 0 Å². The maximum Gasteiger partial charge on any atom is 0.132 e. The Balaban J connectivity index is 2.02. The molecule has 1 heterocycles. The molecule has 0 bridgehead atoms. The minimum Gasteiger partial charge on any atom is -0.508 e. The highest BCUT2D eigenvalue weighted by atomic mass is 16.5. The lowest BCUT2D eigenvalue weighted by molar-refractivity contribution is 0.301. The summed E-state index contributed by atoms with van der Waals surface area (Å²) in [5, 5.41) is 9.10. The molecular weight excluding hydrogens is 204 g/mol. The molecule has 82 valence electrons. The molecule has 0 spiro atoms. The fourth-order valence-corrected chi connectivity index (χ4v) is 1.27. The average molecular weight is 216 g/mol. The number of nitrogens with zero attached hydrogens (tertiary/aromatic N) is 1. The fraction of sp³-hybridized carbons (Fsp3) is 0.0833. The topological polar surface area (TPSA) is 68.4 Å². The van der Waals surface area contributed by atoms with Gasteiger partial charge in [0.1, 0.15) is 23.8 Å². The Labute approximate surface area is 93.3 Å². The molecule has 1 aromatic carbocycles. The molecule has 0 saturated carbocycles. The molecule has 2 aromatic rings. The molecule has 0 amide bonds. The van der Waals surface area contributed by atoms with Gasteiger partial charge in [0.2, 0.25) is 0 Å². The minimum atomic E-state index is 0.213. The van der Waals surface area contributed by atoms with Crippen molar-refractivity contribution in [2.24, 2.45) is 0 Å². The molecule has 0 aliphatic rings. The highest BCUT2D eigenvalue weighted by molar-refractivity contribution is 5.41. The first-order valence-corrected chi connectivity index (χ1v) is 4.87. The lowest BCUT2D eigenvalue weighted by atomic mass is 10.3. The quantitative estimate of drug-likeness (QED) is 0.822. The van der Waals surface area contributed by atoms with Gasteiger partial charge in [-0.3, -0.25) is 4.98 Å². The second-order valence-corrected chi connectivity index (χ2v) is 3.32. The number of hydrogen-bond donors (Lipinski definition) is 2. The van der Waals surface area contributed by atoms with Crippen molar-refractivity contribution >= 4 is 5.69 Å². The van der Waals surface area contributed by atoms with Gasteiger partial charge in [-0.2, -0.15) is 0 Å². The van der Waals surface area contributed by atoms with Crippen LogP contribution in [0, 0.1) is 0 Å². The van der Waals surface area contributed by atoms with Crippen LogP contribution in [0.1, 0.15) is 5.69 Å². The third kappa shape index (κ3) is 2.42. The summed E-state index contributed by atoms with van der Waals surface area (Å²) < 4.78 is 5.47. The van der Waals surface area contributed by atoms with Crippen LogP contribution in [0.2, 0.25) is 0 Å². The smallest absolute Gasteiger partial charge is 0.132 e. The van der Waals surface area contributed by atoms with Gasteiger partial charge in [0.05, 0.1) is 5.69 Å². The van der Waals surface area contributed by atoms with E-state index in [2.05, 4.69) is 4.98 Å². The number of hydrogen-bond acceptors (Lipinski definition) is 4. The fourth-order valence-electron chi connectivity index (χ4n) is 1.27. The first kappa shape index (κ1) is 10.3. The van der Waals surface area contributed by atoms with E-state index in [1.807, 2.05) is 0 Å². The maximum absolute atomic E-state index is 9.10. The second kappa shape index (κ2) is 4.53. The molecule has 2 rings (SSSR count). The molecule has 4 nitrogen and oxygen atoms in total. The van der Waals surface area contributed by atoms with Crippen molar-refractivity contribution in [1.29, 1.82) is 0 Å². The van der Waals surface area contributed by atoms with Gasteiger partial charge in [0.25, 0.3) is 0 Å². The molecule has 0 aliphatic heterocycles. The number of benzene rings is 1. The van der Waals surface area contributed by atoms with E-state index in [1.165, 1.54) is 0 Å². The summed E-state index contributed by atoms with van der Waals surface area (Å²) in [5.74, 6) is 0.882. The van der Waals surface area contributed by atoms with Gasteiger partial charge in [0.15, 0.2) is 0 Å². The summed E-state index contributed by atoms with van der Waals surface area (Å²) in [6.45, 7) is 0.317. The predicted octanol–water partition coefficient (Wildman–Crippen LogP) is 1.95. The van der Waals surface area contributed by atoms with Gasteiger partial charge in [-0.25, -0.2) is 0 Å². The molecule has 0 fully saturated rings. The Kier molecular flexibility index (Phi) is 2.91. The normalized spacial score (nSPS) is 10.0. The van der Waals surface area contributed by atoms with Gasteiger partial charge >= 0.3 is 0 Å². The van der Waals surface area contributed by atoms with Crippen molar-refractivity contribution in [2.75, 3.05) is 5.73 Å². The number of phenols is 1. The molecule has 16 heavy (non-hydrogen) atoms. The second-order valence-electron chi connectivity index (χ2n) is 3.32. The van der Waals surface area contributed by atoms with Crippen LogP contribution in [0.4, 0.5) is 5.69 Å². The van der Waals surface area contributed by atoms with Crippen LogP contribution in [0.15, 0.2) is 42.6 Å². The van der Waals surface area contributed by atoms with Crippen molar-refractivity contribution in [3.8, 4) is 11.5 Å². The van der Waals surface area contributed by atoms with Crippen molar-refractivity contribution in [2.45, 2.75) is 6.61 Å². The zero-order chi connectivity index (χ0) is 11.4. The van der Waals surface area contributed by atoms with Crippen molar-refractivity contribution in [1.82, 2.24) is 4.98 Å². The average Bonchev–Trinajstić information content (AvgIpc) is 2.30. The Hall–Kier alpha value is -2.23. The molecule has 3 N–H and O–H groups in total. The van der Waals surface area contributed by atoms with Crippen LogP contribution in [0.3, 0.4) is 0 Å². The Morgan fingerprint density at radius 1 is 1.19 bits per heavy atom. The van der Waals surface area contributed by atoms with Crippen molar-refractivity contribution < 1.29 is 9.84 Å². The summed E-state index contributed by atoms with van der Waals surface area (Å²) in [5.41, 5.74) is 7.04. The minimum absolute atomic E-state index is 0.213. The van der Waals surface area contributed by atoms with Gasteiger partial charge in [-0.05, 0) is 36.4 Å². The summed E-state index contributed by atoms with van der Waals surface area (Å²) in [4.78, 5) is 4.11. The summed E-state index contributed by atoms with van der Waals surface area (Å²) >= 11 is 0. The molecular formula is C12H12N2O2. The number of aromatic nitrogens is 1. The molecule has 0 radical (unpaired) electrons. The third-order valence-electron chi connectivity index (χ3n) is 2.14. The van der Waals surface area contributed by atoms with E-state index in [4.69, 9.17) is 15.6 Å². The number of nitrogen functional groups attached to an aromatic ring is 1. The van der Waals surface area contributed by atoms with E-state index in [9.17, 15) is 0 Å². The first-order chi connectivity index (χ1) is 7.75. The van der Waals surface area contributed by atoms with E-state index in [0.29, 0.717) is 23.7 Å². The zero-order valence-electron chi connectivity index (χ0n) is 8.63. The molecule has 0 aliphatic carbocycles. The highest BCUT2D eigenvalue weighted by Crippen LogP contribution is 2.17. The summed E-state index contributed by atoms with van der Waals surface area (Å²) in [6.07, 6.45) is 1.67. The van der Waals surface area contributed by atoms with Crippen LogP contribution in [0.25, 0.3) is 0 Å². The number of aromatic hydroxyl groups is 1. The van der Waals surface area contributed by atoms with Gasteiger partial charge in [0, 0.05) is 6.20 Å². The number of anilines is 1. The van der Waals surface area contributed by atoms with Crippen LogP contribution < -0.4 is 10.5 Å². The van der Waals surface area contributed by atoms with Gasteiger partial charge < -0.3 is 15.6 Å². The summed E-state index contributed by atoms with van der Waals surface area (Å²) in [6, 6.07) is 10.1. The van der Waals surface area contributed by atoms with Crippen molar-refractivity contribution in [3.05, 3.63) is 48.3 Å². The predicted molar refractivity (Wildman–Crippen MR) is 61.1 cm³/mol. The molecule has 1 aromatic heterocycles. The lowest BCUT2D eigenvalue weighted by Gasteiger charge is -2.07. The molecule has 0 unspecified atom stereocenters. The molecule has 0 saturated heterocycles. The van der Waals surface area contributed by atoms with E-state index < -0.39 is 0 Å². The lowest BCUT2D eigenvalue weighted by Crippen LogP contribution is -2.02. The zero-order valence-corrected chi connectivity index (χ0v) is 8.63. The van der Waals surface area contributed by atoms with Crippen LogP contribution in [-0.2, 0) is 6.61 Å². The van der Waals surface area contributed by atoms with Gasteiger partial charge in [-0.15, -0.1) is 0 Å². The van der Waals surface area contributed by atoms with E-state index in [-0.39, 0.29) is 5.75 Å². The van der Waals surface area contributed by atoms with Gasteiger partial charge in [-0.1, -0.05) is 0 Å². The Bertz CT molecular complexity index is 469. The Morgan fingerprint density at radius 3 is 2.62 bits per heavy atom.